The predicted octanol–water partition coefficient (Wildman–Crippen LogP) is 2.87. The lowest BCUT2D eigenvalue weighted by atomic mass is 10.2. The minimum Gasteiger partial charge on any atom is -0.387 e. The number of thioether (sulfide) groups is 1. The second-order valence-corrected chi connectivity index (χ2v) is 6.32. The molecule has 3 N–H and O–H groups in total. The van der Waals surface area contributed by atoms with Crippen LogP contribution < -0.4 is 10.6 Å². The van der Waals surface area contributed by atoms with Crippen molar-refractivity contribution in [1.29, 1.82) is 0 Å². The van der Waals surface area contributed by atoms with Gasteiger partial charge in [-0.2, -0.15) is 11.3 Å². The van der Waals surface area contributed by atoms with Gasteiger partial charge in [0.15, 0.2) is 0 Å². The summed E-state index contributed by atoms with van der Waals surface area (Å²) in [5, 5.41) is 19.1. The number of hydrogen-bond donors (Lipinski definition) is 3. The number of benzene rings is 1. The Morgan fingerprint density at radius 3 is 2.76 bits per heavy atom. The van der Waals surface area contributed by atoms with Gasteiger partial charge in [-0.1, -0.05) is 18.2 Å². The summed E-state index contributed by atoms with van der Waals surface area (Å²) in [4.78, 5) is 12.8. The van der Waals surface area contributed by atoms with Gasteiger partial charge in [-0.25, -0.2) is 4.79 Å². The van der Waals surface area contributed by atoms with Crippen molar-refractivity contribution in [3.8, 4) is 0 Å². The van der Waals surface area contributed by atoms with Crippen LogP contribution in [0.3, 0.4) is 0 Å². The topological polar surface area (TPSA) is 61.4 Å². The number of aliphatic hydroxyl groups excluding tert-OH is 1. The van der Waals surface area contributed by atoms with Crippen molar-refractivity contribution in [2.75, 3.05) is 18.8 Å². The molecule has 4 nitrogen and oxygen atoms in total. The Hall–Kier alpha value is -1.50. The van der Waals surface area contributed by atoms with Crippen LogP contribution in [-0.2, 0) is 0 Å². The number of carbonyl (C=O) groups excluding carboxylic acids is 1. The molecule has 0 bridgehead atoms. The van der Waals surface area contributed by atoms with Crippen LogP contribution in [0.15, 0.2) is 52.1 Å². The zero-order chi connectivity index (χ0) is 14.9. The first-order valence-corrected chi connectivity index (χ1v) is 8.58. The van der Waals surface area contributed by atoms with E-state index in [0.29, 0.717) is 6.54 Å². The summed E-state index contributed by atoms with van der Waals surface area (Å²) in [5.74, 6) is 0.810. The van der Waals surface area contributed by atoms with Crippen LogP contribution in [0.25, 0.3) is 0 Å². The molecule has 0 spiro atoms. The van der Waals surface area contributed by atoms with E-state index in [1.54, 1.807) is 11.8 Å². The van der Waals surface area contributed by atoms with Crippen molar-refractivity contribution in [3.05, 3.63) is 52.7 Å². The number of carbonyl (C=O) groups is 1. The first-order valence-electron chi connectivity index (χ1n) is 6.65. The lowest BCUT2D eigenvalue weighted by Gasteiger charge is -2.11. The lowest BCUT2D eigenvalue weighted by Crippen LogP contribution is -2.38. The number of rotatable bonds is 7. The Balaban J connectivity index is 1.57. The maximum absolute atomic E-state index is 11.6. The molecule has 1 aromatic carbocycles. The molecule has 1 atom stereocenters. The second kappa shape index (κ2) is 8.71. The molecule has 0 aliphatic rings. The summed E-state index contributed by atoms with van der Waals surface area (Å²) in [7, 11) is 0. The van der Waals surface area contributed by atoms with E-state index in [2.05, 4.69) is 10.6 Å². The van der Waals surface area contributed by atoms with E-state index in [0.717, 1.165) is 11.3 Å². The Labute approximate surface area is 132 Å². The first kappa shape index (κ1) is 15.9. The van der Waals surface area contributed by atoms with E-state index < -0.39 is 6.10 Å². The maximum Gasteiger partial charge on any atom is 0.314 e. The highest BCUT2D eigenvalue weighted by Gasteiger charge is 2.09. The molecular weight excluding hydrogens is 304 g/mol. The summed E-state index contributed by atoms with van der Waals surface area (Å²) in [6.07, 6.45) is -0.652. The van der Waals surface area contributed by atoms with Crippen LogP contribution >= 0.6 is 23.1 Å². The monoisotopic (exact) mass is 322 g/mol. The molecule has 21 heavy (non-hydrogen) atoms. The quantitative estimate of drug-likeness (QED) is 0.542. The third kappa shape index (κ3) is 5.79. The van der Waals surface area contributed by atoms with Gasteiger partial charge in [0.25, 0.3) is 0 Å². The van der Waals surface area contributed by atoms with E-state index in [1.165, 1.54) is 16.2 Å². The van der Waals surface area contributed by atoms with Crippen LogP contribution in [0.1, 0.15) is 11.7 Å². The highest BCUT2D eigenvalue weighted by atomic mass is 32.2. The molecule has 1 unspecified atom stereocenters. The van der Waals surface area contributed by atoms with E-state index in [4.69, 9.17) is 0 Å². The summed E-state index contributed by atoms with van der Waals surface area (Å²) in [6.45, 7) is 0.800. The van der Waals surface area contributed by atoms with Gasteiger partial charge in [0.1, 0.15) is 0 Å². The van der Waals surface area contributed by atoms with Gasteiger partial charge >= 0.3 is 6.03 Å². The van der Waals surface area contributed by atoms with Crippen LogP contribution in [0.5, 0.6) is 0 Å². The van der Waals surface area contributed by atoms with Gasteiger partial charge in [-0.3, -0.25) is 0 Å². The molecule has 0 saturated heterocycles. The largest absolute Gasteiger partial charge is 0.387 e. The summed E-state index contributed by atoms with van der Waals surface area (Å²) >= 11 is 3.22. The Kier molecular flexibility index (Phi) is 6.59. The number of thiophene rings is 1. The van der Waals surface area contributed by atoms with Gasteiger partial charge < -0.3 is 15.7 Å². The minimum atomic E-state index is -0.652. The predicted molar refractivity (Wildman–Crippen MR) is 87.8 cm³/mol. The van der Waals surface area contributed by atoms with Crippen molar-refractivity contribution in [2.24, 2.45) is 0 Å². The standard InChI is InChI=1S/C15H18N2O2S2/c18-14(12-6-8-20-11-12)10-17-15(19)16-7-9-21-13-4-2-1-3-5-13/h1-6,8,11,14,18H,7,9-10H2,(H2,16,17,19). The van der Waals surface area contributed by atoms with Gasteiger partial charge in [-0.15, -0.1) is 11.8 Å². The van der Waals surface area contributed by atoms with E-state index in [9.17, 15) is 9.90 Å². The molecule has 0 saturated carbocycles. The Bertz CT molecular complexity index is 532. The molecule has 2 aromatic rings. The molecule has 0 radical (unpaired) electrons. The number of nitrogens with one attached hydrogen (secondary N) is 2. The highest BCUT2D eigenvalue weighted by molar-refractivity contribution is 7.99. The summed E-state index contributed by atoms with van der Waals surface area (Å²) in [5.41, 5.74) is 0.833. The normalized spacial score (nSPS) is 11.9. The SMILES string of the molecule is O=C(NCCSc1ccccc1)NCC(O)c1ccsc1. The molecule has 112 valence electrons. The number of aliphatic hydroxyl groups is 1. The zero-order valence-electron chi connectivity index (χ0n) is 11.5. The van der Waals surface area contributed by atoms with Gasteiger partial charge in [0.05, 0.1) is 6.10 Å². The molecular formula is C15H18N2O2S2. The van der Waals surface area contributed by atoms with Gasteiger partial charge in [0.2, 0.25) is 0 Å². The van der Waals surface area contributed by atoms with Crippen LogP contribution in [0, 0.1) is 0 Å². The average molecular weight is 322 g/mol. The molecule has 0 aliphatic heterocycles. The van der Waals surface area contributed by atoms with Gasteiger partial charge in [-0.05, 0) is 34.5 Å². The third-order valence-electron chi connectivity index (χ3n) is 2.78. The average Bonchev–Trinajstić information content (AvgIpc) is 3.05. The number of hydrogen-bond acceptors (Lipinski definition) is 4. The Morgan fingerprint density at radius 2 is 2.05 bits per heavy atom. The molecule has 1 aromatic heterocycles. The van der Waals surface area contributed by atoms with Gasteiger partial charge in [0, 0.05) is 23.7 Å². The fourth-order valence-corrected chi connectivity index (χ4v) is 3.18. The smallest absolute Gasteiger partial charge is 0.314 e. The van der Waals surface area contributed by atoms with Crippen molar-refractivity contribution < 1.29 is 9.90 Å². The van der Waals surface area contributed by atoms with E-state index in [-0.39, 0.29) is 12.6 Å². The Morgan fingerprint density at radius 1 is 1.24 bits per heavy atom. The lowest BCUT2D eigenvalue weighted by molar-refractivity contribution is 0.173. The van der Waals surface area contributed by atoms with Crippen LogP contribution in [0.4, 0.5) is 4.79 Å². The zero-order valence-corrected chi connectivity index (χ0v) is 13.1. The molecule has 1 heterocycles. The molecule has 0 aliphatic carbocycles. The van der Waals surface area contributed by atoms with Crippen molar-refractivity contribution in [3.63, 3.8) is 0 Å². The van der Waals surface area contributed by atoms with Crippen molar-refractivity contribution in [1.82, 2.24) is 10.6 Å². The number of urea groups is 1. The fourth-order valence-electron chi connectivity index (χ4n) is 1.68. The van der Waals surface area contributed by atoms with E-state index >= 15 is 0 Å². The fraction of sp³-hybridized carbons (Fsp3) is 0.267. The maximum atomic E-state index is 11.6. The minimum absolute atomic E-state index is 0.217. The second-order valence-electron chi connectivity index (χ2n) is 4.37. The third-order valence-corrected chi connectivity index (χ3v) is 4.50. The molecule has 0 fully saturated rings. The van der Waals surface area contributed by atoms with E-state index in [1.807, 2.05) is 47.2 Å². The number of amides is 2. The molecule has 6 heteroatoms. The first-order chi connectivity index (χ1) is 10.3. The molecule has 2 amide bonds. The molecule has 2 rings (SSSR count). The highest BCUT2D eigenvalue weighted by Crippen LogP contribution is 2.16. The van der Waals surface area contributed by atoms with Crippen LogP contribution in [0.2, 0.25) is 0 Å². The summed E-state index contributed by atoms with van der Waals surface area (Å²) in [6, 6.07) is 11.7. The summed E-state index contributed by atoms with van der Waals surface area (Å²) < 4.78 is 0. The van der Waals surface area contributed by atoms with Crippen molar-refractivity contribution in [2.45, 2.75) is 11.0 Å². The van der Waals surface area contributed by atoms with Crippen LogP contribution in [-0.4, -0.2) is 30.0 Å². The van der Waals surface area contributed by atoms with Crippen molar-refractivity contribution >= 4 is 29.1 Å².